The summed E-state index contributed by atoms with van der Waals surface area (Å²) >= 11 is 0. The summed E-state index contributed by atoms with van der Waals surface area (Å²) in [7, 11) is 1.51. The van der Waals surface area contributed by atoms with Crippen molar-refractivity contribution in [1.82, 2.24) is 14.5 Å². The molecule has 25 heavy (non-hydrogen) atoms. The molecule has 0 bridgehead atoms. The Balaban J connectivity index is 1.88. The van der Waals surface area contributed by atoms with Crippen LogP contribution in [0.2, 0.25) is 0 Å². The third-order valence-corrected chi connectivity index (χ3v) is 4.00. The number of carbonyl (C=O) groups excluding carboxylic acids is 1. The molecule has 1 N–H and O–H groups in total. The van der Waals surface area contributed by atoms with Crippen LogP contribution < -0.4 is 16.4 Å². The van der Waals surface area contributed by atoms with Crippen LogP contribution in [0.1, 0.15) is 5.56 Å². The van der Waals surface area contributed by atoms with Gasteiger partial charge in [-0.3, -0.25) is 19.0 Å². The molecule has 0 atom stereocenters. The number of hydrogen-bond acceptors (Lipinski definition) is 3. The highest BCUT2D eigenvalue weighted by Gasteiger charge is 2.13. The summed E-state index contributed by atoms with van der Waals surface area (Å²) in [6, 6.07) is 12.9. The molecule has 1 amide bonds. The summed E-state index contributed by atoms with van der Waals surface area (Å²) in [6.07, 6.45) is 0. The predicted molar refractivity (Wildman–Crippen MR) is 91.7 cm³/mol. The van der Waals surface area contributed by atoms with Gasteiger partial charge in [0.05, 0.1) is 11.0 Å². The van der Waals surface area contributed by atoms with Gasteiger partial charge in [0, 0.05) is 19.2 Å². The van der Waals surface area contributed by atoms with E-state index in [1.54, 1.807) is 42.5 Å². The van der Waals surface area contributed by atoms with Crippen LogP contribution in [0.4, 0.5) is 4.39 Å². The van der Waals surface area contributed by atoms with Crippen molar-refractivity contribution in [3.8, 4) is 0 Å². The average molecular weight is 341 g/mol. The minimum absolute atomic E-state index is 0.00301. The summed E-state index contributed by atoms with van der Waals surface area (Å²) < 4.78 is 16.0. The third-order valence-electron chi connectivity index (χ3n) is 4.00. The highest BCUT2D eigenvalue weighted by atomic mass is 19.1. The maximum Gasteiger partial charge on any atom is 0.317 e. The predicted octanol–water partition coefficient (Wildman–Crippen LogP) is 1.16. The second kappa shape index (κ2) is 6.72. The monoisotopic (exact) mass is 341 g/mol. The molecule has 0 radical (unpaired) electrons. The number of rotatable bonds is 4. The smallest absolute Gasteiger partial charge is 0.317 e. The van der Waals surface area contributed by atoms with Crippen molar-refractivity contribution < 1.29 is 9.18 Å². The topological polar surface area (TPSA) is 73.1 Å². The number of carbonyl (C=O) groups is 1. The zero-order valence-corrected chi connectivity index (χ0v) is 13.5. The van der Waals surface area contributed by atoms with E-state index < -0.39 is 22.8 Å². The summed E-state index contributed by atoms with van der Waals surface area (Å²) in [6.45, 7) is -0.313. The fourth-order valence-corrected chi connectivity index (χ4v) is 2.65. The van der Waals surface area contributed by atoms with Crippen molar-refractivity contribution >= 4 is 16.9 Å². The third kappa shape index (κ3) is 3.21. The van der Waals surface area contributed by atoms with Crippen LogP contribution in [-0.4, -0.2) is 15.0 Å². The lowest BCUT2D eigenvalue weighted by Crippen LogP contribution is -2.43. The van der Waals surface area contributed by atoms with Crippen LogP contribution in [0.5, 0.6) is 0 Å². The van der Waals surface area contributed by atoms with Crippen molar-refractivity contribution in [2.24, 2.45) is 7.05 Å². The van der Waals surface area contributed by atoms with Crippen LogP contribution in [0, 0.1) is 5.82 Å². The minimum Gasteiger partial charge on any atom is -0.350 e. The number of halogens is 1. The first-order valence-corrected chi connectivity index (χ1v) is 7.67. The fourth-order valence-electron chi connectivity index (χ4n) is 2.65. The van der Waals surface area contributed by atoms with Gasteiger partial charge in [-0.25, -0.2) is 4.39 Å². The van der Waals surface area contributed by atoms with Crippen molar-refractivity contribution in [2.45, 2.75) is 13.1 Å². The van der Waals surface area contributed by atoms with Crippen molar-refractivity contribution in [3.05, 3.63) is 80.6 Å². The van der Waals surface area contributed by atoms with Crippen LogP contribution in [-0.2, 0) is 24.9 Å². The molecule has 0 fully saturated rings. The summed E-state index contributed by atoms with van der Waals surface area (Å²) in [5.41, 5.74) is -0.107. The molecule has 0 spiro atoms. The van der Waals surface area contributed by atoms with E-state index >= 15 is 0 Å². The Morgan fingerprint density at radius 1 is 1.00 bits per heavy atom. The lowest BCUT2D eigenvalue weighted by molar-refractivity contribution is -0.121. The lowest BCUT2D eigenvalue weighted by atomic mass is 10.2. The molecule has 128 valence electrons. The van der Waals surface area contributed by atoms with E-state index in [9.17, 15) is 18.8 Å². The van der Waals surface area contributed by atoms with Gasteiger partial charge in [-0.05, 0) is 18.2 Å². The SMILES string of the molecule is Cn1c(=O)c(=O)n(CC(=O)NCc2ccccc2F)c2ccccc21. The van der Waals surface area contributed by atoms with Crippen molar-refractivity contribution in [3.63, 3.8) is 0 Å². The number of fused-ring (bicyclic) bond motifs is 1. The van der Waals surface area contributed by atoms with E-state index in [0.717, 1.165) is 4.57 Å². The zero-order chi connectivity index (χ0) is 18.0. The lowest BCUT2D eigenvalue weighted by Gasteiger charge is -2.12. The summed E-state index contributed by atoms with van der Waals surface area (Å²) in [5.74, 6) is -0.900. The van der Waals surface area contributed by atoms with Crippen molar-refractivity contribution in [1.29, 1.82) is 0 Å². The number of aryl methyl sites for hydroxylation is 1. The Morgan fingerprint density at radius 2 is 1.64 bits per heavy atom. The molecular formula is C18H16FN3O3. The molecule has 7 heteroatoms. The second-order valence-corrected chi connectivity index (χ2v) is 5.61. The average Bonchev–Trinajstić information content (AvgIpc) is 2.63. The number of para-hydroxylation sites is 2. The summed E-state index contributed by atoms with van der Waals surface area (Å²) in [5, 5.41) is 2.57. The molecule has 3 aromatic rings. The Labute approximate surface area is 142 Å². The number of amides is 1. The molecule has 0 saturated heterocycles. The van der Waals surface area contributed by atoms with E-state index in [1.807, 2.05) is 0 Å². The van der Waals surface area contributed by atoms with Crippen LogP contribution in [0.15, 0.2) is 58.1 Å². The second-order valence-electron chi connectivity index (χ2n) is 5.61. The fraction of sp³-hybridized carbons (Fsp3) is 0.167. The maximum absolute atomic E-state index is 13.6. The van der Waals surface area contributed by atoms with Gasteiger partial charge >= 0.3 is 11.1 Å². The highest BCUT2D eigenvalue weighted by Crippen LogP contribution is 2.09. The Morgan fingerprint density at radius 3 is 2.36 bits per heavy atom. The molecule has 2 aromatic carbocycles. The van der Waals surface area contributed by atoms with Gasteiger partial charge in [-0.1, -0.05) is 30.3 Å². The molecule has 6 nitrogen and oxygen atoms in total. The van der Waals surface area contributed by atoms with Gasteiger partial charge in [0.2, 0.25) is 5.91 Å². The molecule has 0 aliphatic rings. The van der Waals surface area contributed by atoms with Gasteiger partial charge in [-0.15, -0.1) is 0 Å². The van der Waals surface area contributed by atoms with Crippen LogP contribution in [0.25, 0.3) is 11.0 Å². The first-order chi connectivity index (χ1) is 12.0. The maximum atomic E-state index is 13.6. The number of aromatic nitrogens is 2. The number of hydrogen-bond donors (Lipinski definition) is 1. The normalized spacial score (nSPS) is 10.8. The van der Waals surface area contributed by atoms with Crippen LogP contribution in [0.3, 0.4) is 0 Å². The van der Waals surface area contributed by atoms with Gasteiger partial charge in [0.15, 0.2) is 0 Å². The van der Waals surface area contributed by atoms with Crippen LogP contribution >= 0.6 is 0 Å². The van der Waals surface area contributed by atoms with Gasteiger partial charge in [-0.2, -0.15) is 0 Å². The van der Waals surface area contributed by atoms with E-state index in [-0.39, 0.29) is 13.1 Å². The molecule has 3 rings (SSSR count). The number of benzene rings is 2. The molecular weight excluding hydrogens is 325 g/mol. The molecule has 0 aliphatic heterocycles. The molecule has 0 unspecified atom stereocenters. The molecule has 1 aromatic heterocycles. The first-order valence-electron chi connectivity index (χ1n) is 7.67. The molecule has 0 aliphatic carbocycles. The minimum atomic E-state index is -0.776. The quantitative estimate of drug-likeness (QED) is 0.724. The van der Waals surface area contributed by atoms with Gasteiger partial charge in [0.1, 0.15) is 12.4 Å². The Kier molecular flexibility index (Phi) is 4.47. The van der Waals surface area contributed by atoms with Gasteiger partial charge < -0.3 is 9.88 Å². The van der Waals surface area contributed by atoms with E-state index in [1.165, 1.54) is 17.7 Å². The number of nitrogens with zero attached hydrogens (tertiary/aromatic N) is 2. The zero-order valence-electron chi connectivity index (χ0n) is 13.5. The van der Waals surface area contributed by atoms with E-state index in [2.05, 4.69) is 5.32 Å². The molecule has 1 heterocycles. The number of nitrogens with one attached hydrogen (secondary N) is 1. The molecule has 0 saturated carbocycles. The van der Waals surface area contributed by atoms with Gasteiger partial charge in [0.25, 0.3) is 0 Å². The first kappa shape index (κ1) is 16.6. The standard InChI is InChI=1S/C18H16FN3O3/c1-21-14-8-4-5-9-15(14)22(18(25)17(21)24)11-16(23)20-10-12-6-2-3-7-13(12)19/h2-9H,10-11H2,1H3,(H,20,23). The van der Waals surface area contributed by atoms with E-state index in [4.69, 9.17) is 0 Å². The van der Waals surface area contributed by atoms with E-state index in [0.29, 0.717) is 16.6 Å². The summed E-state index contributed by atoms with van der Waals surface area (Å²) in [4.78, 5) is 36.5. The Hall–Kier alpha value is -3.22. The largest absolute Gasteiger partial charge is 0.350 e. The highest BCUT2D eigenvalue weighted by molar-refractivity contribution is 5.80. The Bertz CT molecular complexity index is 1070. The van der Waals surface area contributed by atoms with Crippen molar-refractivity contribution in [2.75, 3.05) is 0 Å².